The van der Waals surface area contributed by atoms with Crippen LogP contribution in [0.2, 0.25) is 0 Å². The molecule has 0 radical (unpaired) electrons. The second kappa shape index (κ2) is 8.67. The Morgan fingerprint density at radius 2 is 1.90 bits per heavy atom. The maximum atomic E-state index is 13.7. The third-order valence-electron chi connectivity index (χ3n) is 6.07. The van der Waals surface area contributed by atoms with Gasteiger partial charge < -0.3 is 9.64 Å². The first-order valence-electron chi connectivity index (χ1n) is 10.8. The van der Waals surface area contributed by atoms with Gasteiger partial charge >= 0.3 is 0 Å². The van der Waals surface area contributed by atoms with Crippen LogP contribution in [-0.4, -0.2) is 46.3 Å². The lowest BCUT2D eigenvalue weighted by Gasteiger charge is -2.26. The van der Waals surface area contributed by atoms with Crippen LogP contribution in [0.15, 0.2) is 34.2 Å². The van der Waals surface area contributed by atoms with Crippen LogP contribution in [0.5, 0.6) is 5.75 Å². The van der Waals surface area contributed by atoms with Gasteiger partial charge in [0.15, 0.2) is 5.16 Å². The van der Waals surface area contributed by atoms with Crippen molar-refractivity contribution in [3.63, 3.8) is 0 Å². The van der Waals surface area contributed by atoms with Gasteiger partial charge in [0.25, 0.3) is 5.56 Å². The molecule has 0 saturated carbocycles. The van der Waals surface area contributed by atoms with E-state index in [0.29, 0.717) is 10.9 Å². The zero-order valence-corrected chi connectivity index (χ0v) is 19.2. The summed E-state index contributed by atoms with van der Waals surface area (Å²) in [4.78, 5) is 35.3. The number of hydrogen-bond donors (Lipinski definition) is 0. The van der Waals surface area contributed by atoms with Crippen molar-refractivity contribution in [3.05, 3.63) is 45.1 Å². The Labute approximate surface area is 189 Å². The number of rotatable bonds is 5. The number of nitrogens with zero attached hydrogens (tertiary/aromatic N) is 3. The number of hydrogen-bond acceptors (Lipinski definition) is 6. The Morgan fingerprint density at radius 1 is 1.13 bits per heavy atom. The number of aryl methyl sites for hydroxylation is 2. The van der Waals surface area contributed by atoms with E-state index in [1.165, 1.54) is 28.6 Å². The van der Waals surface area contributed by atoms with E-state index in [0.717, 1.165) is 66.8 Å². The first-order valence-corrected chi connectivity index (χ1v) is 12.6. The van der Waals surface area contributed by atoms with Crippen molar-refractivity contribution in [1.82, 2.24) is 14.5 Å². The molecule has 0 spiro atoms. The van der Waals surface area contributed by atoms with Gasteiger partial charge in [-0.3, -0.25) is 14.2 Å². The summed E-state index contributed by atoms with van der Waals surface area (Å²) in [6, 6.07) is 7.43. The summed E-state index contributed by atoms with van der Waals surface area (Å²) in [5.41, 5.74) is 1.87. The number of carbonyl (C=O) groups excluding carboxylic acids is 1. The highest BCUT2D eigenvalue weighted by molar-refractivity contribution is 7.99. The molecule has 3 aromatic rings. The van der Waals surface area contributed by atoms with Gasteiger partial charge in [-0.15, -0.1) is 11.3 Å². The molecule has 1 aromatic carbocycles. The molecule has 0 bridgehead atoms. The predicted molar refractivity (Wildman–Crippen MR) is 125 cm³/mol. The number of fused-ring (bicyclic) bond motifs is 3. The van der Waals surface area contributed by atoms with Crippen LogP contribution in [0.1, 0.15) is 36.1 Å². The Morgan fingerprint density at radius 3 is 2.65 bits per heavy atom. The molecular formula is C23H25N3O3S2. The molecular weight excluding hydrogens is 430 g/mol. The highest BCUT2D eigenvalue weighted by Crippen LogP contribution is 2.36. The van der Waals surface area contributed by atoms with Crippen molar-refractivity contribution in [2.75, 3.05) is 26.0 Å². The quantitative estimate of drug-likeness (QED) is 0.429. The maximum absolute atomic E-state index is 13.7. The molecule has 1 amide bonds. The minimum atomic E-state index is -0.0394. The summed E-state index contributed by atoms with van der Waals surface area (Å²) in [6.45, 7) is 1.66. The lowest BCUT2D eigenvalue weighted by atomic mass is 10.1. The predicted octanol–water partition coefficient (Wildman–Crippen LogP) is 4.05. The molecule has 0 N–H and O–H groups in total. The Balaban J connectivity index is 1.55. The molecule has 1 fully saturated rings. The van der Waals surface area contributed by atoms with Crippen molar-refractivity contribution in [3.8, 4) is 11.4 Å². The molecule has 1 saturated heterocycles. The van der Waals surface area contributed by atoms with Gasteiger partial charge in [0.1, 0.15) is 10.6 Å². The van der Waals surface area contributed by atoms with Gasteiger partial charge in [0.2, 0.25) is 5.91 Å². The molecule has 3 heterocycles. The number of likely N-dealkylation sites (tertiary alicyclic amines) is 1. The summed E-state index contributed by atoms with van der Waals surface area (Å²) < 4.78 is 6.94. The second-order valence-corrected chi connectivity index (χ2v) is 10.0. The van der Waals surface area contributed by atoms with E-state index in [4.69, 9.17) is 9.72 Å². The van der Waals surface area contributed by atoms with Crippen LogP contribution >= 0.6 is 23.1 Å². The topological polar surface area (TPSA) is 64.4 Å². The number of thioether (sulfide) groups is 1. The molecule has 0 unspecified atom stereocenters. The lowest BCUT2D eigenvalue weighted by Crippen LogP contribution is -2.36. The molecule has 162 valence electrons. The number of aromatic nitrogens is 2. The van der Waals surface area contributed by atoms with E-state index in [2.05, 4.69) is 0 Å². The van der Waals surface area contributed by atoms with Crippen molar-refractivity contribution in [2.24, 2.45) is 0 Å². The summed E-state index contributed by atoms with van der Waals surface area (Å²) in [6.07, 6.45) is 6.38. The number of amides is 1. The first kappa shape index (κ1) is 20.6. The van der Waals surface area contributed by atoms with Crippen molar-refractivity contribution in [2.45, 2.75) is 43.7 Å². The largest absolute Gasteiger partial charge is 0.497 e. The van der Waals surface area contributed by atoms with Gasteiger partial charge in [-0.05, 0) is 68.4 Å². The fourth-order valence-electron chi connectivity index (χ4n) is 4.44. The van der Waals surface area contributed by atoms with Gasteiger partial charge in [0.05, 0.1) is 23.9 Å². The molecule has 1 aliphatic carbocycles. The highest BCUT2D eigenvalue weighted by atomic mass is 32.2. The third kappa shape index (κ3) is 3.87. The molecule has 0 atom stereocenters. The molecule has 5 rings (SSSR count). The maximum Gasteiger partial charge on any atom is 0.267 e. The van der Waals surface area contributed by atoms with Crippen molar-refractivity contribution in [1.29, 1.82) is 0 Å². The number of benzene rings is 1. The van der Waals surface area contributed by atoms with E-state index in [-0.39, 0.29) is 11.5 Å². The van der Waals surface area contributed by atoms with Crippen LogP contribution in [-0.2, 0) is 17.6 Å². The smallest absolute Gasteiger partial charge is 0.267 e. The number of thiophene rings is 1. The normalized spacial score (nSPS) is 16.0. The van der Waals surface area contributed by atoms with E-state index in [1.807, 2.05) is 29.2 Å². The zero-order valence-electron chi connectivity index (χ0n) is 17.6. The Bertz CT molecular complexity index is 1180. The first-order chi connectivity index (χ1) is 15.2. The minimum Gasteiger partial charge on any atom is -0.497 e. The monoisotopic (exact) mass is 455 g/mol. The van der Waals surface area contributed by atoms with Crippen LogP contribution in [0.3, 0.4) is 0 Å². The minimum absolute atomic E-state index is 0.0394. The Hall–Kier alpha value is -2.32. The van der Waals surface area contributed by atoms with E-state index < -0.39 is 0 Å². The molecule has 8 heteroatoms. The number of piperidine rings is 1. The van der Waals surface area contributed by atoms with Gasteiger partial charge in [0, 0.05) is 18.0 Å². The lowest BCUT2D eigenvalue weighted by molar-refractivity contribution is -0.129. The number of carbonyl (C=O) groups is 1. The average Bonchev–Trinajstić information content (AvgIpc) is 3.39. The standard InChI is InChI=1S/C23H25N3O3S2/c1-29-16-10-8-15(9-11-16)26-22(28)20-17-6-5-7-18(17)31-21(20)24-23(26)30-14-19(27)25-12-3-2-4-13-25/h8-11H,2-7,12-14H2,1H3. The van der Waals surface area contributed by atoms with Crippen LogP contribution in [0.4, 0.5) is 0 Å². The molecule has 2 aliphatic rings. The fourth-order valence-corrected chi connectivity index (χ4v) is 6.66. The summed E-state index contributed by atoms with van der Waals surface area (Å²) in [5, 5.41) is 1.33. The molecule has 2 aromatic heterocycles. The van der Waals surface area contributed by atoms with Crippen molar-refractivity contribution < 1.29 is 9.53 Å². The average molecular weight is 456 g/mol. The SMILES string of the molecule is COc1ccc(-n2c(SCC(=O)N3CCCCC3)nc3sc4c(c3c2=O)CCC4)cc1. The molecule has 31 heavy (non-hydrogen) atoms. The van der Waals surface area contributed by atoms with E-state index in [1.54, 1.807) is 23.0 Å². The van der Waals surface area contributed by atoms with E-state index >= 15 is 0 Å². The van der Waals surface area contributed by atoms with Crippen molar-refractivity contribution >= 4 is 39.2 Å². The number of ether oxygens (including phenoxy) is 1. The highest BCUT2D eigenvalue weighted by Gasteiger charge is 2.25. The zero-order chi connectivity index (χ0) is 21.4. The second-order valence-electron chi connectivity index (χ2n) is 8.00. The van der Waals surface area contributed by atoms with Gasteiger partial charge in [-0.25, -0.2) is 4.98 Å². The van der Waals surface area contributed by atoms with Crippen LogP contribution in [0, 0.1) is 0 Å². The van der Waals surface area contributed by atoms with Gasteiger partial charge in [-0.1, -0.05) is 11.8 Å². The van der Waals surface area contributed by atoms with E-state index in [9.17, 15) is 9.59 Å². The summed E-state index contributed by atoms with van der Waals surface area (Å²) >= 11 is 2.99. The molecule has 1 aliphatic heterocycles. The third-order valence-corrected chi connectivity index (χ3v) is 8.18. The van der Waals surface area contributed by atoms with Crippen LogP contribution < -0.4 is 10.3 Å². The molecule has 6 nitrogen and oxygen atoms in total. The Kier molecular flexibility index (Phi) is 5.75. The summed E-state index contributed by atoms with van der Waals surface area (Å²) in [5.74, 6) is 1.14. The van der Waals surface area contributed by atoms with Crippen LogP contribution in [0.25, 0.3) is 15.9 Å². The van der Waals surface area contributed by atoms with Gasteiger partial charge in [-0.2, -0.15) is 0 Å². The number of methoxy groups -OCH3 is 1. The summed E-state index contributed by atoms with van der Waals surface area (Å²) in [7, 11) is 1.62. The fraction of sp³-hybridized carbons (Fsp3) is 0.435.